The van der Waals surface area contributed by atoms with E-state index in [1.165, 1.54) is 12.0 Å². The van der Waals surface area contributed by atoms with E-state index in [1.54, 1.807) is 6.92 Å². The van der Waals surface area contributed by atoms with E-state index in [-0.39, 0.29) is 12.5 Å². The highest BCUT2D eigenvalue weighted by molar-refractivity contribution is 5.85. The summed E-state index contributed by atoms with van der Waals surface area (Å²) in [4.78, 5) is 35.2. The van der Waals surface area contributed by atoms with E-state index in [9.17, 15) is 14.4 Å². The lowest BCUT2D eigenvalue weighted by Crippen LogP contribution is -2.55. The Morgan fingerprint density at radius 2 is 2.11 bits per heavy atom. The molecule has 0 aliphatic carbocycles. The number of nitrogens with zero attached hydrogens (tertiary/aromatic N) is 1. The summed E-state index contributed by atoms with van der Waals surface area (Å²) in [5.41, 5.74) is 0. The molecule has 0 saturated carbocycles. The van der Waals surface area contributed by atoms with Crippen LogP contribution in [0.5, 0.6) is 0 Å². The number of ether oxygens (including phenoxy) is 1. The number of piperidine rings is 1. The third-order valence-corrected chi connectivity index (χ3v) is 3.06. The number of hydrogen-bond donors (Lipinski definition) is 2. The molecule has 2 amide bonds. The van der Waals surface area contributed by atoms with Crippen molar-refractivity contribution in [2.24, 2.45) is 5.92 Å². The van der Waals surface area contributed by atoms with Crippen molar-refractivity contribution < 1.29 is 24.2 Å². The Hall–Kier alpha value is -1.79. The fourth-order valence-corrected chi connectivity index (χ4v) is 2.11. The molecule has 1 aliphatic heterocycles. The van der Waals surface area contributed by atoms with E-state index in [1.807, 2.05) is 0 Å². The third-order valence-electron chi connectivity index (χ3n) is 3.06. The monoisotopic (exact) mass is 258 g/mol. The largest absolute Gasteiger partial charge is 0.480 e. The summed E-state index contributed by atoms with van der Waals surface area (Å²) in [7, 11) is 1.22. The maximum absolute atomic E-state index is 11.8. The molecule has 1 heterocycles. The number of likely N-dealkylation sites (tertiary alicyclic amines) is 1. The van der Waals surface area contributed by atoms with Crippen LogP contribution in [0.2, 0.25) is 0 Å². The van der Waals surface area contributed by atoms with Gasteiger partial charge in [0.15, 0.2) is 0 Å². The van der Waals surface area contributed by atoms with Crippen LogP contribution in [0.4, 0.5) is 4.79 Å². The summed E-state index contributed by atoms with van der Waals surface area (Å²) in [5.74, 6) is -1.68. The number of rotatable bonds is 3. The van der Waals surface area contributed by atoms with Gasteiger partial charge in [0.25, 0.3) is 0 Å². The normalized spacial score (nSPS) is 23.3. The lowest BCUT2D eigenvalue weighted by atomic mass is 9.91. The van der Waals surface area contributed by atoms with E-state index < -0.39 is 24.0 Å². The standard InChI is InChI=1S/C11H18N2O5/c1-7-4-3-5-13(9(7)10(15)16)11(17)12-6-8(14)18-2/h7,9H,3-6H2,1-2H3,(H,12,17)(H,15,16). The second kappa shape index (κ2) is 6.23. The molecule has 102 valence electrons. The van der Waals surface area contributed by atoms with Gasteiger partial charge in [-0.15, -0.1) is 0 Å². The molecule has 0 radical (unpaired) electrons. The molecule has 0 aromatic heterocycles. The molecular weight excluding hydrogens is 240 g/mol. The summed E-state index contributed by atoms with van der Waals surface area (Å²) in [6.07, 6.45) is 1.54. The molecule has 2 unspecified atom stereocenters. The number of carboxylic acids is 1. The number of carbonyl (C=O) groups is 3. The van der Waals surface area contributed by atoms with Gasteiger partial charge in [-0.25, -0.2) is 9.59 Å². The molecule has 0 aromatic carbocycles. The molecule has 2 atom stereocenters. The Morgan fingerprint density at radius 3 is 2.67 bits per heavy atom. The average Bonchev–Trinajstić information content (AvgIpc) is 2.34. The van der Waals surface area contributed by atoms with E-state index >= 15 is 0 Å². The van der Waals surface area contributed by atoms with E-state index in [0.717, 1.165) is 12.8 Å². The molecule has 1 saturated heterocycles. The lowest BCUT2D eigenvalue weighted by Gasteiger charge is -2.37. The number of aliphatic carboxylic acids is 1. The second-order valence-corrected chi connectivity index (χ2v) is 4.33. The van der Waals surface area contributed by atoms with Gasteiger partial charge in [0, 0.05) is 6.54 Å². The van der Waals surface area contributed by atoms with Gasteiger partial charge in [0.2, 0.25) is 0 Å². The van der Waals surface area contributed by atoms with Crippen molar-refractivity contribution in [3.8, 4) is 0 Å². The summed E-state index contributed by atoms with van der Waals surface area (Å²) in [5, 5.41) is 11.5. The number of carboxylic acid groups (broad SMARTS) is 1. The Labute approximate surface area is 105 Å². The zero-order valence-corrected chi connectivity index (χ0v) is 10.5. The Balaban J connectivity index is 2.63. The highest BCUT2D eigenvalue weighted by atomic mass is 16.5. The van der Waals surface area contributed by atoms with Gasteiger partial charge in [-0.05, 0) is 18.8 Å². The average molecular weight is 258 g/mol. The van der Waals surface area contributed by atoms with Crippen LogP contribution in [0.1, 0.15) is 19.8 Å². The van der Waals surface area contributed by atoms with Gasteiger partial charge in [-0.3, -0.25) is 4.79 Å². The number of nitrogens with one attached hydrogen (secondary N) is 1. The van der Waals surface area contributed by atoms with Crippen molar-refractivity contribution in [1.82, 2.24) is 10.2 Å². The maximum atomic E-state index is 11.8. The lowest BCUT2D eigenvalue weighted by molar-refractivity contribution is -0.145. The summed E-state index contributed by atoms with van der Waals surface area (Å²) < 4.78 is 4.39. The molecule has 1 rings (SSSR count). The first-order valence-electron chi connectivity index (χ1n) is 5.81. The van der Waals surface area contributed by atoms with E-state index in [0.29, 0.717) is 6.54 Å². The molecule has 1 fully saturated rings. The van der Waals surface area contributed by atoms with Crippen molar-refractivity contribution >= 4 is 18.0 Å². The molecule has 2 N–H and O–H groups in total. The van der Waals surface area contributed by atoms with Gasteiger partial charge in [-0.1, -0.05) is 6.92 Å². The second-order valence-electron chi connectivity index (χ2n) is 4.33. The van der Waals surface area contributed by atoms with E-state index in [2.05, 4.69) is 10.1 Å². The molecular formula is C11H18N2O5. The Morgan fingerprint density at radius 1 is 1.44 bits per heavy atom. The smallest absolute Gasteiger partial charge is 0.326 e. The number of carbonyl (C=O) groups excluding carboxylic acids is 2. The van der Waals surface area contributed by atoms with Crippen LogP contribution in [-0.4, -0.2) is 54.2 Å². The number of amides is 2. The Bertz CT molecular complexity index is 344. The molecule has 0 aromatic rings. The fraction of sp³-hybridized carbons (Fsp3) is 0.727. The SMILES string of the molecule is COC(=O)CNC(=O)N1CCCC(C)C1C(=O)O. The van der Waals surface area contributed by atoms with Crippen molar-refractivity contribution in [2.75, 3.05) is 20.2 Å². The van der Waals surface area contributed by atoms with Crippen LogP contribution in [0.15, 0.2) is 0 Å². The van der Waals surface area contributed by atoms with Gasteiger partial charge in [0.05, 0.1) is 7.11 Å². The first kappa shape index (κ1) is 14.3. The predicted octanol–water partition coefficient (Wildman–Crippen LogP) is 0.0541. The Kier molecular flexibility index (Phi) is 4.94. The molecule has 0 spiro atoms. The van der Waals surface area contributed by atoms with E-state index in [4.69, 9.17) is 5.11 Å². The number of hydrogen-bond acceptors (Lipinski definition) is 4. The first-order chi connectivity index (χ1) is 8.47. The predicted molar refractivity (Wildman–Crippen MR) is 61.9 cm³/mol. The molecule has 7 heteroatoms. The zero-order valence-electron chi connectivity index (χ0n) is 10.5. The van der Waals surface area contributed by atoms with Crippen LogP contribution in [0.25, 0.3) is 0 Å². The maximum Gasteiger partial charge on any atom is 0.326 e. The van der Waals surface area contributed by atoms with Gasteiger partial charge in [-0.2, -0.15) is 0 Å². The molecule has 1 aliphatic rings. The first-order valence-corrected chi connectivity index (χ1v) is 5.81. The van der Waals surface area contributed by atoms with Crippen molar-refractivity contribution in [3.05, 3.63) is 0 Å². The van der Waals surface area contributed by atoms with Crippen LogP contribution in [-0.2, 0) is 14.3 Å². The van der Waals surface area contributed by atoms with Gasteiger partial charge >= 0.3 is 18.0 Å². The minimum atomic E-state index is -1.02. The minimum Gasteiger partial charge on any atom is -0.480 e. The fourth-order valence-electron chi connectivity index (χ4n) is 2.11. The van der Waals surface area contributed by atoms with Crippen LogP contribution < -0.4 is 5.32 Å². The highest BCUT2D eigenvalue weighted by Gasteiger charge is 2.37. The van der Waals surface area contributed by atoms with Crippen LogP contribution in [0, 0.1) is 5.92 Å². The van der Waals surface area contributed by atoms with Gasteiger partial charge in [0.1, 0.15) is 12.6 Å². The van der Waals surface area contributed by atoms with Crippen LogP contribution in [0.3, 0.4) is 0 Å². The zero-order chi connectivity index (χ0) is 13.7. The van der Waals surface area contributed by atoms with Gasteiger partial charge < -0.3 is 20.1 Å². The molecule has 18 heavy (non-hydrogen) atoms. The number of esters is 1. The topological polar surface area (TPSA) is 95.9 Å². The van der Waals surface area contributed by atoms with Crippen molar-refractivity contribution in [1.29, 1.82) is 0 Å². The van der Waals surface area contributed by atoms with Crippen molar-refractivity contribution in [2.45, 2.75) is 25.8 Å². The summed E-state index contributed by atoms with van der Waals surface area (Å²) in [6, 6.07) is -1.38. The number of methoxy groups -OCH3 is 1. The summed E-state index contributed by atoms with van der Waals surface area (Å²) in [6.45, 7) is 1.93. The number of urea groups is 1. The minimum absolute atomic E-state index is 0.0971. The molecule has 0 bridgehead atoms. The summed E-state index contributed by atoms with van der Waals surface area (Å²) >= 11 is 0. The van der Waals surface area contributed by atoms with Crippen LogP contribution >= 0.6 is 0 Å². The quantitative estimate of drug-likeness (QED) is 0.697. The van der Waals surface area contributed by atoms with Crippen molar-refractivity contribution in [3.63, 3.8) is 0 Å². The molecule has 7 nitrogen and oxygen atoms in total. The third kappa shape index (κ3) is 3.35. The highest BCUT2D eigenvalue weighted by Crippen LogP contribution is 2.23.